The van der Waals surface area contributed by atoms with Crippen molar-refractivity contribution in [3.63, 3.8) is 0 Å². The fraction of sp³-hybridized carbons (Fsp3) is 0.345. The summed E-state index contributed by atoms with van der Waals surface area (Å²) in [7, 11) is 0. The molecule has 3 atom stereocenters. The number of benzene rings is 3. The number of amides is 3. The summed E-state index contributed by atoms with van der Waals surface area (Å²) in [5.41, 5.74) is 3.47. The summed E-state index contributed by atoms with van der Waals surface area (Å²) in [5.74, 6) is -1.85. The SMILES string of the molecule is CC(C)C[C@H](CC(=O)NO)C(=O)N[C@H](Cc1ccc2ccccc2c1)C(=O)N[C@@H](C)c1ccccc1. The molecule has 0 heterocycles. The third-order valence-corrected chi connectivity index (χ3v) is 6.23. The molecular weight excluding hydrogens is 454 g/mol. The van der Waals surface area contributed by atoms with Gasteiger partial charge >= 0.3 is 0 Å². The highest BCUT2D eigenvalue weighted by Gasteiger charge is 2.29. The Morgan fingerprint density at radius 3 is 2.14 bits per heavy atom. The van der Waals surface area contributed by atoms with Crippen LogP contribution in [0.25, 0.3) is 10.8 Å². The number of hydrogen-bond donors (Lipinski definition) is 4. The molecule has 3 aromatic rings. The normalized spacial score (nSPS) is 13.6. The van der Waals surface area contributed by atoms with Crippen LogP contribution in [0.5, 0.6) is 0 Å². The molecule has 0 aliphatic heterocycles. The number of nitrogens with one attached hydrogen (secondary N) is 3. The van der Waals surface area contributed by atoms with E-state index in [1.165, 1.54) is 0 Å². The molecule has 36 heavy (non-hydrogen) atoms. The zero-order valence-corrected chi connectivity index (χ0v) is 21.0. The Bertz CT molecular complexity index is 1180. The molecule has 7 nitrogen and oxygen atoms in total. The Balaban J connectivity index is 1.83. The van der Waals surface area contributed by atoms with Crippen molar-refractivity contribution in [3.05, 3.63) is 83.9 Å². The maximum Gasteiger partial charge on any atom is 0.244 e. The molecule has 0 aliphatic carbocycles. The van der Waals surface area contributed by atoms with Gasteiger partial charge in [0, 0.05) is 18.8 Å². The molecule has 4 N–H and O–H groups in total. The van der Waals surface area contributed by atoms with Crippen molar-refractivity contribution in [1.29, 1.82) is 0 Å². The maximum absolute atomic E-state index is 13.4. The van der Waals surface area contributed by atoms with Gasteiger partial charge in [-0.1, -0.05) is 86.6 Å². The Morgan fingerprint density at radius 1 is 0.806 bits per heavy atom. The molecule has 0 spiro atoms. The van der Waals surface area contributed by atoms with Gasteiger partial charge < -0.3 is 10.6 Å². The van der Waals surface area contributed by atoms with Gasteiger partial charge in [-0.15, -0.1) is 0 Å². The Morgan fingerprint density at radius 2 is 1.47 bits per heavy atom. The lowest BCUT2D eigenvalue weighted by atomic mass is 9.92. The predicted octanol–water partition coefficient (Wildman–Crippen LogP) is 4.30. The third-order valence-electron chi connectivity index (χ3n) is 6.23. The van der Waals surface area contributed by atoms with Crippen molar-refractivity contribution >= 4 is 28.5 Å². The minimum absolute atomic E-state index is 0.151. The van der Waals surface area contributed by atoms with Gasteiger partial charge in [0.05, 0.1) is 6.04 Å². The van der Waals surface area contributed by atoms with Crippen LogP contribution >= 0.6 is 0 Å². The van der Waals surface area contributed by atoms with Crippen LogP contribution in [0.1, 0.15) is 50.8 Å². The van der Waals surface area contributed by atoms with E-state index in [9.17, 15) is 14.4 Å². The van der Waals surface area contributed by atoms with Crippen LogP contribution in [0.15, 0.2) is 72.8 Å². The number of fused-ring (bicyclic) bond motifs is 1. The first kappa shape index (κ1) is 26.9. The van der Waals surface area contributed by atoms with Crippen LogP contribution in [-0.2, 0) is 20.8 Å². The number of carbonyl (C=O) groups is 3. The average Bonchev–Trinajstić information content (AvgIpc) is 2.87. The molecule has 3 rings (SSSR count). The number of carbonyl (C=O) groups excluding carboxylic acids is 3. The van der Waals surface area contributed by atoms with E-state index in [1.54, 1.807) is 5.48 Å². The highest BCUT2D eigenvalue weighted by Crippen LogP contribution is 2.20. The van der Waals surface area contributed by atoms with E-state index in [-0.39, 0.29) is 30.2 Å². The molecule has 0 bridgehead atoms. The fourth-order valence-corrected chi connectivity index (χ4v) is 4.36. The van der Waals surface area contributed by atoms with E-state index in [1.807, 2.05) is 93.6 Å². The molecule has 0 aromatic heterocycles. The molecule has 0 fully saturated rings. The second kappa shape index (κ2) is 12.8. The molecule has 0 unspecified atom stereocenters. The standard InChI is InChI=1S/C29H35N3O4/c1-19(2)15-25(18-27(33)32-36)28(34)31-26(29(35)30-20(3)22-9-5-4-6-10-22)17-21-13-14-23-11-7-8-12-24(23)16-21/h4-14,16,19-20,25-26,36H,15,17-18H2,1-3H3,(H,30,35)(H,31,34)(H,32,33)/t20-,25+,26+/m0/s1. The highest BCUT2D eigenvalue weighted by atomic mass is 16.5. The van der Waals surface area contributed by atoms with Crippen molar-refractivity contribution < 1.29 is 19.6 Å². The molecule has 0 radical (unpaired) electrons. The van der Waals surface area contributed by atoms with Crippen molar-refractivity contribution in [2.45, 2.75) is 52.1 Å². The summed E-state index contributed by atoms with van der Waals surface area (Å²) in [6.07, 6.45) is 0.583. The van der Waals surface area contributed by atoms with Crippen LogP contribution in [0, 0.1) is 11.8 Å². The molecule has 0 saturated heterocycles. The van der Waals surface area contributed by atoms with Gasteiger partial charge in [0.25, 0.3) is 0 Å². The number of rotatable bonds is 11. The first-order chi connectivity index (χ1) is 17.3. The van der Waals surface area contributed by atoms with Crippen LogP contribution in [0.3, 0.4) is 0 Å². The summed E-state index contributed by atoms with van der Waals surface area (Å²) in [4.78, 5) is 38.5. The Hall–Kier alpha value is -3.71. The largest absolute Gasteiger partial charge is 0.348 e. The minimum atomic E-state index is -0.836. The van der Waals surface area contributed by atoms with E-state index < -0.39 is 17.9 Å². The highest BCUT2D eigenvalue weighted by molar-refractivity contribution is 5.91. The molecule has 3 amide bonds. The Kier molecular flexibility index (Phi) is 9.59. The Labute approximate surface area is 212 Å². The zero-order chi connectivity index (χ0) is 26.1. The molecule has 7 heteroatoms. The zero-order valence-electron chi connectivity index (χ0n) is 21.0. The summed E-state index contributed by atoms with van der Waals surface area (Å²) in [6, 6.07) is 22.5. The van der Waals surface area contributed by atoms with Gasteiger partial charge in [0.15, 0.2) is 0 Å². The summed E-state index contributed by atoms with van der Waals surface area (Å²) >= 11 is 0. The van der Waals surface area contributed by atoms with Crippen LogP contribution in [0.4, 0.5) is 0 Å². The second-order valence-corrected chi connectivity index (χ2v) is 9.65. The molecule has 0 aliphatic rings. The number of hydroxylamine groups is 1. The maximum atomic E-state index is 13.4. The van der Waals surface area contributed by atoms with E-state index in [2.05, 4.69) is 10.6 Å². The van der Waals surface area contributed by atoms with Gasteiger partial charge in [0.1, 0.15) is 6.04 Å². The lowest BCUT2D eigenvalue weighted by Crippen LogP contribution is -2.50. The molecular formula is C29H35N3O4. The van der Waals surface area contributed by atoms with Gasteiger partial charge in [-0.05, 0) is 41.2 Å². The van der Waals surface area contributed by atoms with E-state index in [0.29, 0.717) is 12.8 Å². The van der Waals surface area contributed by atoms with Gasteiger partial charge in [0.2, 0.25) is 17.7 Å². The van der Waals surface area contributed by atoms with Crippen molar-refractivity contribution in [2.24, 2.45) is 11.8 Å². The van der Waals surface area contributed by atoms with E-state index >= 15 is 0 Å². The van der Waals surface area contributed by atoms with Crippen molar-refractivity contribution in [1.82, 2.24) is 16.1 Å². The molecule has 190 valence electrons. The minimum Gasteiger partial charge on any atom is -0.348 e. The van der Waals surface area contributed by atoms with Crippen LogP contribution in [-0.4, -0.2) is 29.0 Å². The fourth-order valence-electron chi connectivity index (χ4n) is 4.36. The molecule has 3 aromatic carbocycles. The third kappa shape index (κ3) is 7.65. The smallest absolute Gasteiger partial charge is 0.244 e. The number of hydrogen-bond acceptors (Lipinski definition) is 4. The summed E-state index contributed by atoms with van der Waals surface area (Å²) in [5, 5.41) is 17.0. The first-order valence-corrected chi connectivity index (χ1v) is 12.3. The van der Waals surface area contributed by atoms with Crippen LogP contribution in [0.2, 0.25) is 0 Å². The average molecular weight is 490 g/mol. The van der Waals surface area contributed by atoms with E-state index in [4.69, 9.17) is 5.21 Å². The topological polar surface area (TPSA) is 108 Å². The summed E-state index contributed by atoms with van der Waals surface area (Å²) < 4.78 is 0. The quantitative estimate of drug-likeness (QED) is 0.238. The lowest BCUT2D eigenvalue weighted by molar-refractivity contribution is -0.136. The van der Waals surface area contributed by atoms with Gasteiger partial charge in [-0.25, -0.2) is 5.48 Å². The van der Waals surface area contributed by atoms with Gasteiger partial charge in [-0.3, -0.25) is 19.6 Å². The summed E-state index contributed by atoms with van der Waals surface area (Å²) in [6.45, 7) is 5.81. The van der Waals surface area contributed by atoms with Crippen LogP contribution < -0.4 is 16.1 Å². The van der Waals surface area contributed by atoms with Gasteiger partial charge in [-0.2, -0.15) is 0 Å². The monoisotopic (exact) mass is 489 g/mol. The predicted molar refractivity (Wildman–Crippen MR) is 140 cm³/mol. The molecule has 0 saturated carbocycles. The second-order valence-electron chi connectivity index (χ2n) is 9.65. The van der Waals surface area contributed by atoms with E-state index in [0.717, 1.165) is 21.9 Å². The van der Waals surface area contributed by atoms with Crippen molar-refractivity contribution in [2.75, 3.05) is 0 Å². The lowest BCUT2D eigenvalue weighted by Gasteiger charge is -2.25. The van der Waals surface area contributed by atoms with Crippen molar-refractivity contribution in [3.8, 4) is 0 Å². The first-order valence-electron chi connectivity index (χ1n) is 12.3.